The van der Waals surface area contributed by atoms with Gasteiger partial charge in [0.05, 0.1) is 32.6 Å². The number of hydrogen-bond acceptors (Lipinski definition) is 5. The lowest BCUT2D eigenvalue weighted by molar-refractivity contribution is -0.114. The molecule has 0 spiro atoms. The van der Waals surface area contributed by atoms with Crippen molar-refractivity contribution in [2.45, 2.75) is 13.8 Å². The molecule has 1 amide bonds. The quantitative estimate of drug-likeness (QED) is 0.712. The number of carbonyl (C=O) groups is 1. The molecule has 0 atom stereocenters. The van der Waals surface area contributed by atoms with Gasteiger partial charge in [-0.15, -0.1) is 0 Å². The molecule has 7 heteroatoms. The number of rotatable bonds is 9. The van der Waals surface area contributed by atoms with Gasteiger partial charge in [-0.25, -0.2) is 4.39 Å². The van der Waals surface area contributed by atoms with E-state index in [1.54, 1.807) is 18.2 Å². The number of anilines is 2. The Morgan fingerprint density at radius 2 is 1.73 bits per heavy atom. The summed E-state index contributed by atoms with van der Waals surface area (Å²) < 4.78 is 29.3. The Morgan fingerprint density at radius 1 is 1.00 bits per heavy atom. The molecule has 0 aliphatic carbocycles. The van der Waals surface area contributed by atoms with Crippen LogP contribution in [0.3, 0.4) is 0 Å². The van der Waals surface area contributed by atoms with Gasteiger partial charge < -0.3 is 24.8 Å². The fourth-order valence-corrected chi connectivity index (χ4v) is 2.32. The third kappa shape index (κ3) is 5.27. The molecule has 0 unspecified atom stereocenters. The van der Waals surface area contributed by atoms with Crippen LogP contribution in [0.4, 0.5) is 15.8 Å². The van der Waals surface area contributed by atoms with Crippen molar-refractivity contribution in [2.75, 3.05) is 37.5 Å². The van der Waals surface area contributed by atoms with Crippen molar-refractivity contribution in [1.29, 1.82) is 0 Å². The van der Waals surface area contributed by atoms with E-state index >= 15 is 0 Å². The number of hydrogen-bond donors (Lipinski definition) is 2. The summed E-state index contributed by atoms with van der Waals surface area (Å²) in [6.45, 7) is 4.78. The van der Waals surface area contributed by atoms with Crippen LogP contribution in [-0.2, 0) is 4.79 Å². The van der Waals surface area contributed by atoms with Crippen molar-refractivity contribution in [1.82, 2.24) is 0 Å². The normalized spacial score (nSPS) is 10.2. The predicted octanol–water partition coefficient (Wildman–Crippen LogP) is 3.68. The third-order valence-corrected chi connectivity index (χ3v) is 3.43. The molecule has 6 nitrogen and oxygen atoms in total. The maximum atomic E-state index is 13.2. The highest BCUT2D eigenvalue weighted by atomic mass is 19.1. The summed E-state index contributed by atoms with van der Waals surface area (Å²) in [6, 6.07) is 9.27. The van der Waals surface area contributed by atoms with Gasteiger partial charge in [0.2, 0.25) is 5.91 Å². The van der Waals surface area contributed by atoms with E-state index < -0.39 is 5.82 Å². The maximum absolute atomic E-state index is 13.2. The number of carbonyl (C=O) groups excluding carboxylic acids is 1. The molecule has 0 bridgehead atoms. The minimum absolute atomic E-state index is 0.000821. The van der Waals surface area contributed by atoms with Gasteiger partial charge in [0.25, 0.3) is 0 Å². The Labute approximate surface area is 152 Å². The molecular weight excluding hydrogens is 339 g/mol. The lowest BCUT2D eigenvalue weighted by Gasteiger charge is -2.14. The van der Waals surface area contributed by atoms with E-state index in [1.165, 1.54) is 25.3 Å². The minimum Gasteiger partial charge on any atom is -0.494 e. The zero-order valence-corrected chi connectivity index (χ0v) is 15.1. The summed E-state index contributed by atoms with van der Waals surface area (Å²) in [5.74, 6) is 0.858. The molecule has 0 aliphatic heterocycles. The van der Waals surface area contributed by atoms with E-state index in [4.69, 9.17) is 14.2 Å². The zero-order chi connectivity index (χ0) is 18.9. The maximum Gasteiger partial charge on any atom is 0.243 e. The molecular formula is C19H23FN2O4. The molecule has 2 aromatic carbocycles. The first kappa shape index (κ1) is 19.4. The number of nitrogens with one attached hydrogen (secondary N) is 2. The average Bonchev–Trinajstić information content (AvgIpc) is 2.63. The van der Waals surface area contributed by atoms with Crippen LogP contribution in [0, 0.1) is 5.82 Å². The Hall–Kier alpha value is -2.96. The highest BCUT2D eigenvalue weighted by Gasteiger charge is 2.10. The lowest BCUT2D eigenvalue weighted by atomic mass is 10.2. The zero-order valence-electron chi connectivity index (χ0n) is 15.1. The largest absolute Gasteiger partial charge is 0.494 e. The van der Waals surface area contributed by atoms with Crippen LogP contribution in [0.25, 0.3) is 0 Å². The van der Waals surface area contributed by atoms with Gasteiger partial charge in [-0.2, -0.15) is 0 Å². The number of methoxy groups -OCH3 is 1. The highest BCUT2D eigenvalue weighted by molar-refractivity contribution is 5.94. The van der Waals surface area contributed by atoms with Crippen LogP contribution >= 0.6 is 0 Å². The molecule has 140 valence electrons. The fourth-order valence-electron chi connectivity index (χ4n) is 2.32. The SMILES string of the molecule is CCOc1ccc(NC(=O)CNc2ccc(F)cc2OC)cc1OCC. The molecule has 0 fully saturated rings. The molecule has 2 N–H and O–H groups in total. The first-order valence-electron chi connectivity index (χ1n) is 8.34. The number of ether oxygens (including phenoxy) is 3. The van der Waals surface area contributed by atoms with Crippen molar-refractivity contribution >= 4 is 17.3 Å². The molecule has 0 aromatic heterocycles. The second-order valence-corrected chi connectivity index (χ2v) is 5.27. The molecule has 0 saturated heterocycles. The standard InChI is InChI=1S/C19H23FN2O4/c1-4-25-16-9-7-14(11-18(16)26-5-2)22-19(23)12-21-15-8-6-13(20)10-17(15)24-3/h6-11,21H,4-5,12H2,1-3H3,(H,22,23). The van der Waals surface area contributed by atoms with E-state index in [0.717, 1.165) is 0 Å². The van der Waals surface area contributed by atoms with Gasteiger partial charge in [-0.1, -0.05) is 0 Å². The van der Waals surface area contributed by atoms with Gasteiger partial charge in [0.1, 0.15) is 11.6 Å². The van der Waals surface area contributed by atoms with E-state index in [-0.39, 0.29) is 12.5 Å². The molecule has 0 aliphatic rings. The van der Waals surface area contributed by atoms with E-state index in [0.29, 0.717) is 41.8 Å². The predicted molar refractivity (Wildman–Crippen MR) is 98.9 cm³/mol. The van der Waals surface area contributed by atoms with Gasteiger partial charge in [-0.05, 0) is 38.1 Å². The second-order valence-electron chi connectivity index (χ2n) is 5.27. The summed E-state index contributed by atoms with van der Waals surface area (Å²) in [6.07, 6.45) is 0. The first-order valence-corrected chi connectivity index (χ1v) is 8.34. The van der Waals surface area contributed by atoms with Gasteiger partial charge >= 0.3 is 0 Å². The summed E-state index contributed by atoms with van der Waals surface area (Å²) in [5, 5.41) is 5.70. The summed E-state index contributed by atoms with van der Waals surface area (Å²) in [4.78, 5) is 12.2. The van der Waals surface area contributed by atoms with Crippen LogP contribution in [0.15, 0.2) is 36.4 Å². The lowest BCUT2D eigenvalue weighted by Crippen LogP contribution is -2.22. The smallest absolute Gasteiger partial charge is 0.243 e. The Bertz CT molecular complexity index is 752. The second kappa shape index (κ2) is 9.50. The minimum atomic E-state index is -0.408. The third-order valence-electron chi connectivity index (χ3n) is 3.43. The van der Waals surface area contributed by atoms with Crippen LogP contribution in [0.1, 0.15) is 13.8 Å². The van der Waals surface area contributed by atoms with Crippen LogP contribution in [0.2, 0.25) is 0 Å². The average molecular weight is 362 g/mol. The molecule has 2 rings (SSSR count). The van der Waals surface area contributed by atoms with Crippen LogP contribution < -0.4 is 24.8 Å². The van der Waals surface area contributed by atoms with Crippen molar-refractivity contribution in [3.05, 3.63) is 42.2 Å². The Balaban J connectivity index is 2.00. The van der Waals surface area contributed by atoms with Crippen molar-refractivity contribution < 1.29 is 23.4 Å². The highest BCUT2D eigenvalue weighted by Crippen LogP contribution is 2.30. The van der Waals surface area contributed by atoms with E-state index in [1.807, 2.05) is 13.8 Å². The monoisotopic (exact) mass is 362 g/mol. The fraction of sp³-hybridized carbons (Fsp3) is 0.316. The van der Waals surface area contributed by atoms with Crippen molar-refractivity contribution in [3.63, 3.8) is 0 Å². The first-order chi connectivity index (χ1) is 12.6. The Morgan fingerprint density at radius 3 is 2.42 bits per heavy atom. The topological polar surface area (TPSA) is 68.8 Å². The number of benzene rings is 2. The van der Waals surface area contributed by atoms with E-state index in [9.17, 15) is 9.18 Å². The number of halogens is 1. The van der Waals surface area contributed by atoms with E-state index in [2.05, 4.69) is 10.6 Å². The summed E-state index contributed by atoms with van der Waals surface area (Å²) >= 11 is 0. The van der Waals surface area contributed by atoms with Crippen LogP contribution in [0.5, 0.6) is 17.2 Å². The summed E-state index contributed by atoms with van der Waals surface area (Å²) in [5.41, 5.74) is 1.13. The molecule has 0 radical (unpaired) electrons. The van der Waals surface area contributed by atoms with Crippen molar-refractivity contribution in [3.8, 4) is 17.2 Å². The molecule has 0 saturated carbocycles. The molecule has 0 heterocycles. The van der Waals surface area contributed by atoms with Gasteiger partial charge in [0.15, 0.2) is 11.5 Å². The van der Waals surface area contributed by atoms with Gasteiger partial charge in [0, 0.05) is 17.8 Å². The molecule has 2 aromatic rings. The van der Waals surface area contributed by atoms with Crippen molar-refractivity contribution in [2.24, 2.45) is 0 Å². The molecule has 26 heavy (non-hydrogen) atoms. The Kier molecular flexibility index (Phi) is 7.08. The number of amides is 1. The van der Waals surface area contributed by atoms with Crippen LogP contribution in [-0.4, -0.2) is 32.8 Å². The van der Waals surface area contributed by atoms with Gasteiger partial charge in [-0.3, -0.25) is 4.79 Å². The summed E-state index contributed by atoms with van der Waals surface area (Å²) in [7, 11) is 1.44.